The highest BCUT2D eigenvalue weighted by molar-refractivity contribution is 5.85. The highest BCUT2D eigenvalue weighted by Gasteiger charge is 2.37. The molecule has 2 heterocycles. The van der Waals surface area contributed by atoms with Crippen LogP contribution in [0.4, 0.5) is 23.2 Å². The fourth-order valence-electron chi connectivity index (χ4n) is 5.55. The number of halogens is 4. The first kappa shape index (κ1) is 29.5. The Balaban J connectivity index is 1.41. The lowest BCUT2D eigenvalue weighted by Gasteiger charge is -2.41. The van der Waals surface area contributed by atoms with E-state index in [1.54, 1.807) is 18.2 Å². The van der Waals surface area contributed by atoms with Gasteiger partial charge < -0.3 is 25.2 Å². The molecule has 0 spiro atoms. The number of fused-ring (bicyclic) bond motifs is 1. The number of hydrogen-bond acceptors (Lipinski definition) is 6. The van der Waals surface area contributed by atoms with Crippen molar-refractivity contribution in [2.24, 2.45) is 5.41 Å². The van der Waals surface area contributed by atoms with Crippen LogP contribution in [-0.4, -0.2) is 59.4 Å². The summed E-state index contributed by atoms with van der Waals surface area (Å²) in [5, 5.41) is 22.8. The molecule has 3 N–H and O–H groups in total. The predicted molar refractivity (Wildman–Crippen MR) is 142 cm³/mol. The Morgan fingerprint density at radius 3 is 2.62 bits per heavy atom. The standard InChI is InChI=1S/C29H33F4N3O4/c1-40-20-2-3-24-21(14-20)27(18(17-37)16-35-24)22(31)4-5-29(15-26(38)39)6-9-36(10-7-29)11-8-34-25-13-19(30)12-23(32)28(25)33/h2-3,12-14,16,22,34,37H,4-11,15,17H2,1H3,(H,38,39). The van der Waals surface area contributed by atoms with Crippen molar-refractivity contribution in [3.05, 3.63) is 65.1 Å². The number of ether oxygens (including phenoxy) is 1. The summed E-state index contributed by atoms with van der Waals surface area (Å²) >= 11 is 0. The highest BCUT2D eigenvalue weighted by atomic mass is 19.2. The number of carbonyl (C=O) groups is 1. The molecule has 1 fully saturated rings. The minimum Gasteiger partial charge on any atom is -0.497 e. The first-order valence-corrected chi connectivity index (χ1v) is 13.2. The Hall–Kier alpha value is -3.44. The van der Waals surface area contributed by atoms with E-state index in [4.69, 9.17) is 4.74 Å². The average molecular weight is 564 g/mol. The van der Waals surface area contributed by atoms with Gasteiger partial charge in [0.2, 0.25) is 0 Å². The lowest BCUT2D eigenvalue weighted by Crippen LogP contribution is -2.43. The fraction of sp³-hybridized carbons (Fsp3) is 0.448. The normalized spacial score (nSPS) is 16.1. The molecule has 0 aliphatic carbocycles. The minimum atomic E-state index is -1.45. The van der Waals surface area contributed by atoms with E-state index >= 15 is 4.39 Å². The third-order valence-electron chi connectivity index (χ3n) is 7.79. The number of alkyl halides is 1. The van der Waals surface area contributed by atoms with Crippen LogP contribution >= 0.6 is 0 Å². The molecule has 2 aromatic carbocycles. The molecule has 0 radical (unpaired) electrons. The third-order valence-corrected chi connectivity index (χ3v) is 7.79. The van der Waals surface area contributed by atoms with Gasteiger partial charge in [-0.05, 0) is 62.4 Å². The van der Waals surface area contributed by atoms with Gasteiger partial charge in [0.1, 0.15) is 17.7 Å². The maximum atomic E-state index is 15.9. The molecular weight excluding hydrogens is 530 g/mol. The van der Waals surface area contributed by atoms with Crippen molar-refractivity contribution in [1.29, 1.82) is 0 Å². The second-order valence-electron chi connectivity index (χ2n) is 10.3. The number of piperidine rings is 1. The molecular formula is C29H33F4N3O4. The Labute approximate surface area is 229 Å². The van der Waals surface area contributed by atoms with Crippen LogP contribution in [0.5, 0.6) is 5.75 Å². The van der Waals surface area contributed by atoms with Gasteiger partial charge in [0, 0.05) is 47.9 Å². The first-order valence-electron chi connectivity index (χ1n) is 13.2. The van der Waals surface area contributed by atoms with Crippen LogP contribution < -0.4 is 10.1 Å². The van der Waals surface area contributed by atoms with Gasteiger partial charge >= 0.3 is 5.97 Å². The van der Waals surface area contributed by atoms with Gasteiger partial charge in [-0.3, -0.25) is 9.78 Å². The van der Waals surface area contributed by atoms with Crippen LogP contribution in [0, 0.1) is 22.9 Å². The SMILES string of the molecule is COc1ccc2ncc(CO)c(C(F)CCC3(CC(=O)O)CCN(CCNc4cc(F)cc(F)c4F)CC3)c2c1. The Morgan fingerprint density at radius 2 is 1.95 bits per heavy atom. The number of anilines is 1. The fourth-order valence-corrected chi connectivity index (χ4v) is 5.55. The lowest BCUT2D eigenvalue weighted by atomic mass is 9.71. The zero-order chi connectivity index (χ0) is 28.9. The first-order chi connectivity index (χ1) is 19.1. The van der Waals surface area contributed by atoms with E-state index in [0.717, 1.165) is 6.07 Å². The molecule has 4 rings (SSSR count). The van der Waals surface area contributed by atoms with Crippen LogP contribution in [-0.2, 0) is 11.4 Å². The molecule has 1 aliphatic rings. The molecule has 3 aromatic rings. The quantitative estimate of drug-likeness (QED) is 0.195. The molecule has 1 aromatic heterocycles. The van der Waals surface area contributed by atoms with Gasteiger partial charge in [-0.15, -0.1) is 0 Å². The van der Waals surface area contributed by atoms with Gasteiger partial charge in [0.25, 0.3) is 0 Å². The highest BCUT2D eigenvalue weighted by Crippen LogP contribution is 2.43. The number of hydrogen-bond donors (Lipinski definition) is 3. The van der Waals surface area contributed by atoms with Crippen molar-refractivity contribution in [3.8, 4) is 5.75 Å². The van der Waals surface area contributed by atoms with Crippen molar-refractivity contribution >= 4 is 22.6 Å². The van der Waals surface area contributed by atoms with Gasteiger partial charge in [0.05, 0.1) is 31.3 Å². The average Bonchev–Trinajstić information content (AvgIpc) is 2.94. The molecule has 1 unspecified atom stereocenters. The molecule has 1 atom stereocenters. The summed E-state index contributed by atoms with van der Waals surface area (Å²) in [4.78, 5) is 18.1. The van der Waals surface area contributed by atoms with Crippen molar-refractivity contribution < 1.29 is 37.3 Å². The number of aliphatic hydroxyl groups is 1. The number of likely N-dealkylation sites (tertiary alicyclic amines) is 1. The number of rotatable bonds is 12. The number of benzene rings is 2. The molecule has 216 valence electrons. The smallest absolute Gasteiger partial charge is 0.303 e. The topological polar surface area (TPSA) is 94.9 Å². The molecule has 0 amide bonds. The van der Waals surface area contributed by atoms with E-state index in [2.05, 4.69) is 15.2 Å². The van der Waals surface area contributed by atoms with Gasteiger partial charge in [0.15, 0.2) is 11.6 Å². The second kappa shape index (κ2) is 12.8. The zero-order valence-corrected chi connectivity index (χ0v) is 22.2. The summed E-state index contributed by atoms with van der Waals surface area (Å²) < 4.78 is 61.9. The summed E-state index contributed by atoms with van der Waals surface area (Å²) in [5.74, 6) is -3.72. The summed E-state index contributed by atoms with van der Waals surface area (Å²) in [6, 6.07) is 6.51. The van der Waals surface area contributed by atoms with E-state index in [1.807, 2.05) is 0 Å². The van der Waals surface area contributed by atoms with Crippen LogP contribution in [0.1, 0.15) is 49.4 Å². The number of carboxylic acid groups (broad SMARTS) is 1. The maximum absolute atomic E-state index is 15.9. The van der Waals surface area contributed by atoms with Crippen molar-refractivity contribution in [1.82, 2.24) is 9.88 Å². The minimum absolute atomic E-state index is 0.0720. The van der Waals surface area contributed by atoms with Crippen molar-refractivity contribution in [2.45, 2.75) is 44.9 Å². The largest absolute Gasteiger partial charge is 0.497 e. The zero-order valence-electron chi connectivity index (χ0n) is 22.2. The van der Waals surface area contributed by atoms with E-state index in [9.17, 15) is 28.2 Å². The number of nitrogens with one attached hydrogen (secondary N) is 1. The third kappa shape index (κ3) is 6.82. The van der Waals surface area contributed by atoms with E-state index in [0.29, 0.717) is 72.7 Å². The van der Waals surface area contributed by atoms with Crippen LogP contribution in [0.3, 0.4) is 0 Å². The maximum Gasteiger partial charge on any atom is 0.303 e. The van der Waals surface area contributed by atoms with E-state index in [1.165, 1.54) is 13.3 Å². The summed E-state index contributed by atoms with van der Waals surface area (Å²) in [7, 11) is 1.51. The lowest BCUT2D eigenvalue weighted by molar-refractivity contribution is -0.141. The molecule has 0 saturated carbocycles. The number of pyridine rings is 1. The number of aliphatic hydroxyl groups excluding tert-OH is 1. The van der Waals surface area contributed by atoms with Gasteiger partial charge in [-0.2, -0.15) is 0 Å². The second-order valence-corrected chi connectivity index (χ2v) is 10.3. The van der Waals surface area contributed by atoms with Gasteiger partial charge in [-0.25, -0.2) is 17.6 Å². The van der Waals surface area contributed by atoms with Crippen molar-refractivity contribution in [2.75, 3.05) is 38.6 Å². The van der Waals surface area contributed by atoms with Crippen LogP contribution in [0.15, 0.2) is 36.5 Å². The molecule has 7 nitrogen and oxygen atoms in total. The van der Waals surface area contributed by atoms with Crippen LogP contribution in [0.25, 0.3) is 10.9 Å². The number of carboxylic acids is 1. The summed E-state index contributed by atoms with van der Waals surface area (Å²) in [6.45, 7) is 1.40. The Morgan fingerprint density at radius 1 is 1.20 bits per heavy atom. The molecule has 1 saturated heterocycles. The molecule has 1 aliphatic heterocycles. The van der Waals surface area contributed by atoms with E-state index in [-0.39, 0.29) is 31.7 Å². The summed E-state index contributed by atoms with van der Waals surface area (Å²) in [6.07, 6.45) is 1.35. The van der Waals surface area contributed by atoms with Gasteiger partial charge in [-0.1, -0.05) is 0 Å². The number of methoxy groups -OCH3 is 1. The Kier molecular flexibility index (Phi) is 9.47. The van der Waals surface area contributed by atoms with Crippen molar-refractivity contribution in [3.63, 3.8) is 0 Å². The number of nitrogens with zero attached hydrogens (tertiary/aromatic N) is 2. The monoisotopic (exact) mass is 563 g/mol. The number of aliphatic carboxylic acids is 1. The predicted octanol–water partition coefficient (Wildman–Crippen LogP) is 5.61. The molecule has 0 bridgehead atoms. The van der Waals surface area contributed by atoms with E-state index < -0.39 is 35.0 Å². The van der Waals surface area contributed by atoms with Crippen LogP contribution in [0.2, 0.25) is 0 Å². The Bertz CT molecular complexity index is 1340. The molecule has 11 heteroatoms. The summed E-state index contributed by atoms with van der Waals surface area (Å²) in [5.41, 5.74) is 0.405. The molecule has 40 heavy (non-hydrogen) atoms. The number of aromatic nitrogens is 1.